The Bertz CT molecular complexity index is 697. The molecular formula is C16H21Cl2NO3S. The summed E-state index contributed by atoms with van der Waals surface area (Å²) >= 11 is 12.0. The van der Waals surface area contributed by atoms with Gasteiger partial charge in [0.1, 0.15) is 5.75 Å². The molecule has 0 unspecified atom stereocenters. The largest absolute Gasteiger partial charge is 0.308 e. The van der Waals surface area contributed by atoms with Gasteiger partial charge in [-0.25, -0.2) is 8.42 Å². The van der Waals surface area contributed by atoms with Crippen molar-refractivity contribution >= 4 is 38.8 Å². The van der Waals surface area contributed by atoms with Gasteiger partial charge < -0.3 is 4.90 Å². The number of hydrogen-bond acceptors (Lipinski definition) is 4. The van der Waals surface area contributed by atoms with Crippen LogP contribution in [-0.4, -0.2) is 51.2 Å². The van der Waals surface area contributed by atoms with E-state index in [0.717, 1.165) is 12.0 Å². The molecule has 0 aliphatic heterocycles. The molecule has 1 aliphatic rings. The highest BCUT2D eigenvalue weighted by molar-refractivity contribution is 7.92. The maximum Gasteiger partial charge on any atom is 0.158 e. The molecule has 23 heavy (non-hydrogen) atoms. The summed E-state index contributed by atoms with van der Waals surface area (Å²) in [5.41, 5.74) is 0.0466. The molecule has 0 N–H and O–H groups in total. The van der Waals surface area contributed by atoms with Crippen LogP contribution in [0.2, 0.25) is 10.0 Å². The number of nitrogens with zero attached hydrogens (tertiary/aromatic N) is 1. The highest BCUT2D eigenvalue weighted by atomic mass is 35.5. The van der Waals surface area contributed by atoms with Crippen molar-refractivity contribution in [1.82, 2.24) is 4.90 Å². The molecule has 128 valence electrons. The van der Waals surface area contributed by atoms with E-state index < -0.39 is 21.0 Å². The van der Waals surface area contributed by atoms with Gasteiger partial charge in [0.25, 0.3) is 0 Å². The summed E-state index contributed by atoms with van der Waals surface area (Å²) in [5.74, 6) is -0.662. The van der Waals surface area contributed by atoms with E-state index in [9.17, 15) is 13.2 Å². The van der Waals surface area contributed by atoms with Gasteiger partial charge in [0.05, 0.1) is 21.2 Å². The fourth-order valence-corrected chi connectivity index (χ4v) is 4.55. The molecule has 7 heteroatoms. The maximum absolute atomic E-state index is 12.7. The Morgan fingerprint density at radius 3 is 2.35 bits per heavy atom. The van der Waals surface area contributed by atoms with Crippen LogP contribution in [-0.2, 0) is 20.0 Å². The second-order valence-corrected chi connectivity index (χ2v) is 9.38. The molecule has 1 aromatic rings. The number of halogens is 2. The molecule has 0 atom stereocenters. The van der Waals surface area contributed by atoms with Gasteiger partial charge in [-0.05, 0) is 44.6 Å². The van der Waals surface area contributed by atoms with Gasteiger partial charge in [-0.2, -0.15) is 0 Å². The lowest BCUT2D eigenvalue weighted by Gasteiger charge is -2.41. The average molecular weight is 378 g/mol. The third-order valence-electron chi connectivity index (χ3n) is 4.41. The number of Topliss-reactive ketones (excluding diaryl/α,β-unsaturated/α-hetero) is 1. The Morgan fingerprint density at radius 2 is 1.87 bits per heavy atom. The zero-order chi connectivity index (χ0) is 17.3. The van der Waals surface area contributed by atoms with E-state index in [2.05, 4.69) is 0 Å². The first-order chi connectivity index (χ1) is 10.7. The smallest absolute Gasteiger partial charge is 0.158 e. The summed E-state index contributed by atoms with van der Waals surface area (Å²) in [6, 6.07) is 5.12. The number of carbonyl (C=O) groups excluding carboxylic acids is 1. The maximum atomic E-state index is 12.7. The van der Waals surface area contributed by atoms with Crippen LogP contribution in [0.4, 0.5) is 0 Å². The van der Waals surface area contributed by atoms with Gasteiger partial charge in [-0.1, -0.05) is 35.7 Å². The Kier molecular flexibility index (Phi) is 5.77. The van der Waals surface area contributed by atoms with Crippen LogP contribution < -0.4 is 0 Å². The molecule has 0 spiro atoms. The number of sulfone groups is 1. The average Bonchev–Trinajstić information content (AvgIpc) is 2.39. The lowest BCUT2D eigenvalue weighted by molar-refractivity contribution is -0.125. The minimum Gasteiger partial charge on any atom is -0.308 e. The SMILES string of the molecule is CN(C)CCS(=O)(=O)CC(=O)C1(c2ccc(Cl)c(Cl)c2)CCC1. The minimum absolute atomic E-state index is 0.0107. The first-order valence-electron chi connectivity index (χ1n) is 7.50. The first kappa shape index (κ1) is 18.7. The monoisotopic (exact) mass is 377 g/mol. The van der Waals surface area contributed by atoms with Crippen molar-refractivity contribution in [2.45, 2.75) is 24.7 Å². The van der Waals surface area contributed by atoms with Gasteiger partial charge in [-0.15, -0.1) is 0 Å². The predicted octanol–water partition coefficient (Wildman–Crippen LogP) is 2.96. The number of rotatable bonds is 7. The van der Waals surface area contributed by atoms with Crippen molar-refractivity contribution in [1.29, 1.82) is 0 Å². The van der Waals surface area contributed by atoms with Crippen LogP contribution in [0, 0.1) is 0 Å². The van der Waals surface area contributed by atoms with E-state index in [1.165, 1.54) is 0 Å². The van der Waals surface area contributed by atoms with Crippen molar-refractivity contribution in [3.05, 3.63) is 33.8 Å². The number of ketones is 1. The van der Waals surface area contributed by atoms with Crippen molar-refractivity contribution in [3.8, 4) is 0 Å². The second-order valence-electron chi connectivity index (χ2n) is 6.38. The van der Waals surface area contributed by atoms with Gasteiger partial charge in [0.2, 0.25) is 0 Å². The van der Waals surface area contributed by atoms with E-state index in [4.69, 9.17) is 23.2 Å². The third-order valence-corrected chi connectivity index (χ3v) is 6.66. The van der Waals surface area contributed by atoms with Gasteiger partial charge >= 0.3 is 0 Å². The van der Waals surface area contributed by atoms with E-state index in [-0.39, 0.29) is 11.5 Å². The summed E-state index contributed by atoms with van der Waals surface area (Å²) < 4.78 is 24.4. The van der Waals surface area contributed by atoms with E-state index in [0.29, 0.717) is 29.4 Å². The fourth-order valence-electron chi connectivity index (χ4n) is 2.78. The molecule has 0 heterocycles. The molecule has 4 nitrogen and oxygen atoms in total. The second kappa shape index (κ2) is 7.09. The van der Waals surface area contributed by atoms with Crippen molar-refractivity contribution in [2.75, 3.05) is 32.1 Å². The lowest BCUT2D eigenvalue weighted by atomic mass is 9.62. The molecule has 2 rings (SSSR count). The molecule has 1 aliphatic carbocycles. The van der Waals surface area contributed by atoms with Gasteiger partial charge in [0.15, 0.2) is 15.6 Å². The standard InChI is InChI=1S/C16H21Cl2NO3S/c1-19(2)8-9-23(21,22)11-15(20)16(6-3-7-16)12-4-5-13(17)14(18)10-12/h4-5,10H,3,6-9,11H2,1-2H3. The Hall–Kier alpha value is -0.620. The molecule has 0 aromatic heterocycles. The van der Waals surface area contributed by atoms with Gasteiger partial charge in [-0.3, -0.25) is 4.79 Å². The molecular weight excluding hydrogens is 357 g/mol. The Labute approximate surface area is 147 Å². The van der Waals surface area contributed by atoms with E-state index in [1.54, 1.807) is 37.2 Å². The number of carbonyl (C=O) groups is 1. The summed E-state index contributed by atoms with van der Waals surface area (Å²) in [6.07, 6.45) is 2.23. The normalized spacial score (nSPS) is 17.1. The minimum atomic E-state index is -3.41. The molecule has 0 bridgehead atoms. The molecule has 1 saturated carbocycles. The number of hydrogen-bond donors (Lipinski definition) is 0. The summed E-state index contributed by atoms with van der Waals surface area (Å²) in [7, 11) is 0.200. The molecule has 0 radical (unpaired) electrons. The van der Waals surface area contributed by atoms with Crippen LogP contribution in [0.25, 0.3) is 0 Å². The quantitative estimate of drug-likeness (QED) is 0.732. The molecule has 0 saturated heterocycles. The van der Waals surface area contributed by atoms with Crippen LogP contribution in [0.15, 0.2) is 18.2 Å². The van der Waals surface area contributed by atoms with Crippen LogP contribution in [0.5, 0.6) is 0 Å². The van der Waals surface area contributed by atoms with Gasteiger partial charge in [0, 0.05) is 6.54 Å². The number of benzene rings is 1. The van der Waals surface area contributed by atoms with Crippen molar-refractivity contribution in [2.24, 2.45) is 0 Å². The predicted molar refractivity (Wildman–Crippen MR) is 94.2 cm³/mol. The third kappa shape index (κ3) is 4.27. The lowest BCUT2D eigenvalue weighted by Crippen LogP contribution is -2.46. The fraction of sp³-hybridized carbons (Fsp3) is 0.562. The Balaban J connectivity index is 2.19. The molecule has 1 aromatic carbocycles. The topological polar surface area (TPSA) is 54.5 Å². The highest BCUT2D eigenvalue weighted by Crippen LogP contribution is 2.46. The summed E-state index contributed by atoms with van der Waals surface area (Å²) in [6.45, 7) is 0.412. The first-order valence-corrected chi connectivity index (χ1v) is 10.1. The Morgan fingerprint density at radius 1 is 1.22 bits per heavy atom. The van der Waals surface area contributed by atoms with E-state index >= 15 is 0 Å². The highest BCUT2D eigenvalue weighted by Gasteiger charge is 2.46. The van der Waals surface area contributed by atoms with E-state index in [1.807, 2.05) is 0 Å². The van der Waals surface area contributed by atoms with Crippen LogP contribution in [0.3, 0.4) is 0 Å². The van der Waals surface area contributed by atoms with Crippen molar-refractivity contribution < 1.29 is 13.2 Å². The molecule has 0 amide bonds. The molecule has 1 fully saturated rings. The zero-order valence-electron chi connectivity index (χ0n) is 13.3. The zero-order valence-corrected chi connectivity index (χ0v) is 15.6. The van der Waals surface area contributed by atoms with Crippen LogP contribution >= 0.6 is 23.2 Å². The summed E-state index contributed by atoms with van der Waals surface area (Å²) in [4.78, 5) is 14.5. The summed E-state index contributed by atoms with van der Waals surface area (Å²) in [5, 5.41) is 0.814. The van der Waals surface area contributed by atoms with Crippen LogP contribution in [0.1, 0.15) is 24.8 Å². The van der Waals surface area contributed by atoms with Crippen molar-refractivity contribution in [3.63, 3.8) is 0 Å².